The maximum absolute atomic E-state index is 9.73. The van der Waals surface area contributed by atoms with Gasteiger partial charge in [0.2, 0.25) is 0 Å². The minimum atomic E-state index is -0.232. The van der Waals surface area contributed by atoms with E-state index in [1.54, 1.807) is 11.3 Å². The van der Waals surface area contributed by atoms with Gasteiger partial charge in [-0.25, -0.2) is 0 Å². The van der Waals surface area contributed by atoms with Crippen molar-refractivity contribution in [3.63, 3.8) is 0 Å². The minimum absolute atomic E-state index is 0.232. The molecule has 1 N–H and O–H groups in total. The van der Waals surface area contributed by atoms with Crippen LogP contribution in [0.15, 0.2) is 11.4 Å². The fourth-order valence-electron chi connectivity index (χ4n) is 1.34. The first-order chi connectivity index (χ1) is 5.79. The van der Waals surface area contributed by atoms with Crippen molar-refractivity contribution < 1.29 is 5.11 Å². The Bertz CT molecular complexity index is 229. The van der Waals surface area contributed by atoms with Crippen molar-refractivity contribution in [3.8, 4) is 0 Å². The zero-order valence-corrected chi connectivity index (χ0v) is 8.53. The molecule has 1 heterocycles. The average molecular weight is 184 g/mol. The Morgan fingerprint density at radius 3 is 2.83 bits per heavy atom. The van der Waals surface area contributed by atoms with E-state index in [1.165, 1.54) is 10.4 Å². The van der Waals surface area contributed by atoms with Crippen molar-refractivity contribution in [2.75, 3.05) is 0 Å². The Labute approximate surface area is 78.1 Å². The summed E-state index contributed by atoms with van der Waals surface area (Å²) in [5.41, 5.74) is 1.31. The molecule has 1 rings (SSSR count). The molecular formula is C10H16OS. The molecule has 1 nitrogen and oxygen atoms in total. The van der Waals surface area contributed by atoms with Crippen molar-refractivity contribution in [1.29, 1.82) is 0 Å². The van der Waals surface area contributed by atoms with Gasteiger partial charge in [0.1, 0.15) is 0 Å². The highest BCUT2D eigenvalue weighted by molar-refractivity contribution is 7.10. The molecule has 0 aliphatic carbocycles. The van der Waals surface area contributed by atoms with E-state index in [1.807, 2.05) is 0 Å². The molecule has 1 aromatic rings. The molecule has 68 valence electrons. The van der Waals surface area contributed by atoms with Crippen LogP contribution in [0, 0.1) is 0 Å². The fourth-order valence-corrected chi connectivity index (χ4v) is 2.35. The molecule has 0 saturated heterocycles. The molecule has 0 aromatic carbocycles. The number of hydrogen-bond acceptors (Lipinski definition) is 2. The Balaban J connectivity index is 2.71. The third kappa shape index (κ3) is 2.08. The molecular weight excluding hydrogens is 168 g/mol. The SMILES string of the molecule is CCCC(O)c1sccc1CC. The van der Waals surface area contributed by atoms with Crippen molar-refractivity contribution in [2.24, 2.45) is 0 Å². The Kier molecular flexibility index (Phi) is 3.76. The van der Waals surface area contributed by atoms with Crippen molar-refractivity contribution >= 4 is 11.3 Å². The molecule has 2 heteroatoms. The van der Waals surface area contributed by atoms with E-state index >= 15 is 0 Å². The maximum Gasteiger partial charge on any atom is 0.0884 e. The highest BCUT2D eigenvalue weighted by atomic mass is 32.1. The van der Waals surface area contributed by atoms with E-state index in [0.717, 1.165) is 19.3 Å². The van der Waals surface area contributed by atoms with Crippen LogP contribution in [0.5, 0.6) is 0 Å². The Hall–Kier alpha value is -0.340. The second kappa shape index (κ2) is 4.63. The Morgan fingerprint density at radius 2 is 2.25 bits per heavy atom. The molecule has 1 atom stereocenters. The molecule has 0 aliphatic heterocycles. The fraction of sp³-hybridized carbons (Fsp3) is 0.600. The average Bonchev–Trinajstić information content (AvgIpc) is 2.51. The molecule has 0 radical (unpaired) electrons. The summed E-state index contributed by atoms with van der Waals surface area (Å²) in [6.07, 6.45) is 2.72. The Morgan fingerprint density at radius 1 is 1.50 bits per heavy atom. The predicted octanol–water partition coefficient (Wildman–Crippen LogP) is 3.14. The lowest BCUT2D eigenvalue weighted by molar-refractivity contribution is 0.169. The number of aliphatic hydroxyl groups excluding tert-OH is 1. The summed E-state index contributed by atoms with van der Waals surface area (Å²) >= 11 is 1.67. The molecule has 0 saturated carbocycles. The monoisotopic (exact) mass is 184 g/mol. The van der Waals surface area contributed by atoms with Crippen LogP contribution < -0.4 is 0 Å². The normalized spacial score (nSPS) is 13.2. The van der Waals surface area contributed by atoms with Crippen LogP contribution in [-0.2, 0) is 6.42 Å². The number of rotatable bonds is 4. The summed E-state index contributed by atoms with van der Waals surface area (Å²) in [5, 5.41) is 11.8. The second-order valence-electron chi connectivity index (χ2n) is 2.97. The van der Waals surface area contributed by atoms with Gasteiger partial charge < -0.3 is 5.11 Å². The number of aliphatic hydroxyl groups is 1. The highest BCUT2D eigenvalue weighted by Crippen LogP contribution is 2.27. The molecule has 1 unspecified atom stereocenters. The van der Waals surface area contributed by atoms with Crippen molar-refractivity contribution in [3.05, 3.63) is 21.9 Å². The van der Waals surface area contributed by atoms with Crippen LogP contribution in [-0.4, -0.2) is 5.11 Å². The third-order valence-corrected chi connectivity index (χ3v) is 3.09. The molecule has 0 fully saturated rings. The smallest absolute Gasteiger partial charge is 0.0884 e. The summed E-state index contributed by atoms with van der Waals surface area (Å²) < 4.78 is 0. The molecule has 0 spiro atoms. The highest BCUT2D eigenvalue weighted by Gasteiger charge is 2.11. The van der Waals surface area contributed by atoms with Gasteiger partial charge in [0, 0.05) is 4.88 Å². The topological polar surface area (TPSA) is 20.2 Å². The standard InChI is InChI=1S/C10H16OS/c1-3-5-9(11)10-8(4-2)6-7-12-10/h6-7,9,11H,3-5H2,1-2H3. The van der Waals surface area contributed by atoms with Crippen LogP contribution in [0.25, 0.3) is 0 Å². The number of hydrogen-bond donors (Lipinski definition) is 1. The second-order valence-corrected chi connectivity index (χ2v) is 3.92. The van der Waals surface area contributed by atoms with Gasteiger partial charge in [-0.05, 0) is 29.9 Å². The van der Waals surface area contributed by atoms with E-state index in [4.69, 9.17) is 0 Å². The van der Waals surface area contributed by atoms with E-state index in [-0.39, 0.29) is 6.10 Å². The van der Waals surface area contributed by atoms with E-state index in [9.17, 15) is 5.11 Å². The minimum Gasteiger partial charge on any atom is -0.388 e. The van der Waals surface area contributed by atoms with Crippen LogP contribution in [0.4, 0.5) is 0 Å². The van der Waals surface area contributed by atoms with E-state index in [2.05, 4.69) is 25.3 Å². The lowest BCUT2D eigenvalue weighted by Crippen LogP contribution is -1.96. The molecule has 0 amide bonds. The van der Waals surface area contributed by atoms with Gasteiger partial charge in [0.05, 0.1) is 6.10 Å². The van der Waals surface area contributed by atoms with Gasteiger partial charge in [-0.3, -0.25) is 0 Å². The maximum atomic E-state index is 9.73. The van der Waals surface area contributed by atoms with Gasteiger partial charge in [-0.15, -0.1) is 11.3 Å². The first kappa shape index (κ1) is 9.75. The van der Waals surface area contributed by atoms with Gasteiger partial charge in [0.25, 0.3) is 0 Å². The summed E-state index contributed by atoms with van der Waals surface area (Å²) in [4.78, 5) is 1.17. The van der Waals surface area contributed by atoms with E-state index in [0.29, 0.717) is 0 Å². The van der Waals surface area contributed by atoms with Crippen LogP contribution >= 0.6 is 11.3 Å². The van der Waals surface area contributed by atoms with Crippen LogP contribution in [0.1, 0.15) is 43.2 Å². The van der Waals surface area contributed by atoms with Crippen molar-refractivity contribution in [1.82, 2.24) is 0 Å². The first-order valence-corrected chi connectivity index (χ1v) is 5.41. The summed E-state index contributed by atoms with van der Waals surface area (Å²) in [6.45, 7) is 4.23. The molecule has 12 heavy (non-hydrogen) atoms. The first-order valence-electron chi connectivity index (χ1n) is 4.53. The van der Waals surface area contributed by atoms with Gasteiger partial charge in [-0.1, -0.05) is 20.3 Å². The van der Waals surface area contributed by atoms with Crippen LogP contribution in [0.3, 0.4) is 0 Å². The lowest BCUT2D eigenvalue weighted by Gasteiger charge is -2.08. The van der Waals surface area contributed by atoms with Gasteiger partial charge >= 0.3 is 0 Å². The molecule has 0 aliphatic rings. The van der Waals surface area contributed by atoms with Gasteiger partial charge in [0.15, 0.2) is 0 Å². The number of thiophene rings is 1. The zero-order valence-electron chi connectivity index (χ0n) is 7.71. The van der Waals surface area contributed by atoms with Crippen LogP contribution in [0.2, 0.25) is 0 Å². The van der Waals surface area contributed by atoms with E-state index < -0.39 is 0 Å². The molecule has 0 bridgehead atoms. The van der Waals surface area contributed by atoms with Crippen molar-refractivity contribution in [2.45, 2.75) is 39.2 Å². The predicted molar refractivity (Wildman–Crippen MR) is 53.6 cm³/mol. The van der Waals surface area contributed by atoms with Gasteiger partial charge in [-0.2, -0.15) is 0 Å². The largest absolute Gasteiger partial charge is 0.388 e. The summed E-state index contributed by atoms with van der Waals surface area (Å²) in [6, 6.07) is 2.11. The quantitative estimate of drug-likeness (QED) is 0.762. The molecule has 1 aromatic heterocycles. The summed E-state index contributed by atoms with van der Waals surface area (Å²) in [7, 11) is 0. The lowest BCUT2D eigenvalue weighted by atomic mass is 10.1. The number of aryl methyl sites for hydroxylation is 1. The summed E-state index contributed by atoms with van der Waals surface area (Å²) in [5.74, 6) is 0. The third-order valence-electron chi connectivity index (χ3n) is 2.03. The zero-order chi connectivity index (χ0) is 8.97.